The molecule has 0 saturated carbocycles. The molecule has 2 aromatic rings. The number of hydrogen-bond donors (Lipinski definition) is 2. The van der Waals surface area contributed by atoms with Gasteiger partial charge >= 0.3 is 0 Å². The summed E-state index contributed by atoms with van der Waals surface area (Å²) in [6.45, 7) is 1.73. The highest BCUT2D eigenvalue weighted by atomic mass is 79.9. The van der Waals surface area contributed by atoms with E-state index in [1.54, 1.807) is 18.2 Å². The Morgan fingerprint density at radius 1 is 1.28 bits per heavy atom. The van der Waals surface area contributed by atoms with Gasteiger partial charge in [0.1, 0.15) is 0 Å². The van der Waals surface area contributed by atoms with E-state index in [2.05, 4.69) is 21.2 Å². The molecular weight excluding hydrogens is 388 g/mol. The molecule has 132 valence electrons. The van der Waals surface area contributed by atoms with Crippen molar-refractivity contribution < 1.29 is 19.4 Å². The van der Waals surface area contributed by atoms with Crippen molar-refractivity contribution in [3.63, 3.8) is 0 Å². The van der Waals surface area contributed by atoms with Gasteiger partial charge in [0.15, 0.2) is 11.5 Å². The summed E-state index contributed by atoms with van der Waals surface area (Å²) < 4.78 is 5.91. The molecule has 0 aromatic heterocycles. The summed E-state index contributed by atoms with van der Waals surface area (Å²) in [6.07, 6.45) is 0. The smallest absolute Gasteiger partial charge is 0.257 e. The van der Waals surface area contributed by atoms with E-state index in [1.165, 1.54) is 25.1 Å². The number of nitrogens with zero attached hydrogens (tertiary/aromatic N) is 1. The van der Waals surface area contributed by atoms with Crippen LogP contribution in [0, 0.1) is 6.92 Å². The van der Waals surface area contributed by atoms with E-state index in [4.69, 9.17) is 4.74 Å². The molecule has 7 heteroatoms. The summed E-state index contributed by atoms with van der Waals surface area (Å²) in [5, 5.41) is 12.8. The normalized spacial score (nSPS) is 10.2. The van der Waals surface area contributed by atoms with Crippen LogP contribution in [0.3, 0.4) is 0 Å². The van der Waals surface area contributed by atoms with E-state index < -0.39 is 5.91 Å². The van der Waals surface area contributed by atoms with Gasteiger partial charge in [0.25, 0.3) is 5.91 Å². The fourth-order valence-corrected chi connectivity index (χ4v) is 2.79. The summed E-state index contributed by atoms with van der Waals surface area (Å²) in [7, 11) is 2.90. The molecule has 0 aliphatic heterocycles. The highest BCUT2D eigenvalue weighted by Gasteiger charge is 2.20. The van der Waals surface area contributed by atoms with Crippen LogP contribution in [0.2, 0.25) is 0 Å². The highest BCUT2D eigenvalue weighted by molar-refractivity contribution is 9.10. The standard InChI is InChI=1S/C18H19BrN2O4/c1-11-9-12(19)7-8-14(11)20-16(22)10-21(2)18(24)13-5-4-6-15(25-3)17(13)23/h4-9,23H,10H2,1-3H3,(H,20,22). The third-order valence-electron chi connectivity index (χ3n) is 3.64. The minimum Gasteiger partial charge on any atom is -0.504 e. The lowest BCUT2D eigenvalue weighted by atomic mass is 10.1. The zero-order chi connectivity index (χ0) is 18.6. The minimum atomic E-state index is -0.473. The second-order valence-corrected chi connectivity index (χ2v) is 6.44. The maximum Gasteiger partial charge on any atom is 0.257 e. The lowest BCUT2D eigenvalue weighted by molar-refractivity contribution is -0.116. The molecule has 2 rings (SSSR count). The Balaban J connectivity index is 2.07. The monoisotopic (exact) mass is 406 g/mol. The molecule has 2 aromatic carbocycles. The Hall–Kier alpha value is -2.54. The van der Waals surface area contributed by atoms with Gasteiger partial charge in [0.2, 0.25) is 5.91 Å². The van der Waals surface area contributed by atoms with Gasteiger partial charge in [-0.3, -0.25) is 9.59 Å². The van der Waals surface area contributed by atoms with Crippen LogP contribution in [0.15, 0.2) is 40.9 Å². The van der Waals surface area contributed by atoms with Crippen LogP contribution < -0.4 is 10.1 Å². The van der Waals surface area contributed by atoms with E-state index in [0.717, 1.165) is 10.0 Å². The van der Waals surface area contributed by atoms with Gasteiger partial charge in [-0.15, -0.1) is 0 Å². The number of phenolic OH excluding ortho intramolecular Hbond substituents is 1. The first kappa shape index (κ1) is 18.8. The SMILES string of the molecule is COc1cccc(C(=O)N(C)CC(=O)Nc2ccc(Br)cc2C)c1O. The molecule has 0 aliphatic rings. The molecule has 0 heterocycles. The van der Waals surface area contributed by atoms with Crippen molar-refractivity contribution in [3.8, 4) is 11.5 Å². The van der Waals surface area contributed by atoms with Crippen LogP contribution in [-0.4, -0.2) is 42.5 Å². The van der Waals surface area contributed by atoms with Crippen molar-refractivity contribution in [2.45, 2.75) is 6.92 Å². The van der Waals surface area contributed by atoms with Crippen molar-refractivity contribution in [1.82, 2.24) is 4.90 Å². The largest absolute Gasteiger partial charge is 0.504 e. The molecule has 0 spiro atoms. The number of rotatable bonds is 5. The first-order valence-corrected chi connectivity index (χ1v) is 8.30. The minimum absolute atomic E-state index is 0.0782. The molecule has 2 N–H and O–H groups in total. The van der Waals surface area contributed by atoms with Crippen molar-refractivity contribution >= 4 is 33.4 Å². The average Bonchev–Trinajstić information content (AvgIpc) is 2.57. The number of phenols is 1. The number of carbonyl (C=O) groups is 2. The zero-order valence-corrected chi connectivity index (χ0v) is 15.8. The summed E-state index contributed by atoms with van der Waals surface area (Å²) in [6, 6.07) is 10.1. The number of para-hydroxylation sites is 1. The average molecular weight is 407 g/mol. The van der Waals surface area contributed by atoms with Crippen molar-refractivity contribution in [3.05, 3.63) is 52.0 Å². The predicted molar refractivity (Wildman–Crippen MR) is 99.1 cm³/mol. The molecule has 0 aliphatic carbocycles. The zero-order valence-electron chi connectivity index (χ0n) is 14.2. The topological polar surface area (TPSA) is 78.9 Å². The summed E-state index contributed by atoms with van der Waals surface area (Å²) in [5.74, 6) is -0.845. The van der Waals surface area contributed by atoms with Crippen LogP contribution in [0.4, 0.5) is 5.69 Å². The number of benzene rings is 2. The number of likely N-dealkylation sites (N-methyl/N-ethyl adjacent to an activating group) is 1. The van der Waals surface area contributed by atoms with Crippen LogP contribution >= 0.6 is 15.9 Å². The van der Waals surface area contributed by atoms with Gasteiger partial charge in [0, 0.05) is 17.2 Å². The van der Waals surface area contributed by atoms with Crippen molar-refractivity contribution in [2.24, 2.45) is 0 Å². The van der Waals surface area contributed by atoms with Gasteiger partial charge in [-0.25, -0.2) is 0 Å². The number of halogens is 1. The fraction of sp³-hybridized carbons (Fsp3) is 0.222. The van der Waals surface area contributed by atoms with Gasteiger partial charge in [-0.1, -0.05) is 22.0 Å². The van der Waals surface area contributed by atoms with Crippen LogP contribution in [-0.2, 0) is 4.79 Å². The summed E-state index contributed by atoms with van der Waals surface area (Å²) in [5.41, 5.74) is 1.66. The van der Waals surface area contributed by atoms with Gasteiger partial charge in [-0.05, 0) is 42.8 Å². The van der Waals surface area contributed by atoms with Gasteiger partial charge in [-0.2, -0.15) is 0 Å². The lowest BCUT2D eigenvalue weighted by Crippen LogP contribution is -2.35. The van der Waals surface area contributed by atoms with Crippen LogP contribution in [0.25, 0.3) is 0 Å². The van der Waals surface area contributed by atoms with Gasteiger partial charge in [0.05, 0.1) is 19.2 Å². The molecule has 0 atom stereocenters. The molecule has 6 nitrogen and oxygen atoms in total. The maximum absolute atomic E-state index is 12.5. The number of methoxy groups -OCH3 is 1. The first-order chi connectivity index (χ1) is 11.8. The number of aromatic hydroxyl groups is 1. The Labute approximate surface area is 154 Å². The summed E-state index contributed by atoms with van der Waals surface area (Å²) >= 11 is 3.37. The third-order valence-corrected chi connectivity index (χ3v) is 4.13. The Morgan fingerprint density at radius 3 is 2.64 bits per heavy atom. The molecule has 0 saturated heterocycles. The second-order valence-electron chi connectivity index (χ2n) is 5.53. The Morgan fingerprint density at radius 2 is 2.00 bits per heavy atom. The second kappa shape index (κ2) is 8.02. The molecule has 25 heavy (non-hydrogen) atoms. The number of carbonyl (C=O) groups excluding carboxylic acids is 2. The van der Waals surface area contributed by atoms with E-state index in [0.29, 0.717) is 5.69 Å². The number of anilines is 1. The summed E-state index contributed by atoms with van der Waals surface area (Å²) in [4.78, 5) is 25.9. The Kier molecular flexibility index (Phi) is 6.03. The van der Waals surface area contributed by atoms with Crippen molar-refractivity contribution in [1.29, 1.82) is 0 Å². The van der Waals surface area contributed by atoms with E-state index >= 15 is 0 Å². The third kappa shape index (κ3) is 4.51. The highest BCUT2D eigenvalue weighted by Crippen LogP contribution is 2.30. The lowest BCUT2D eigenvalue weighted by Gasteiger charge is -2.18. The molecule has 0 radical (unpaired) electrons. The first-order valence-electron chi connectivity index (χ1n) is 7.51. The van der Waals surface area contributed by atoms with Crippen LogP contribution in [0.5, 0.6) is 11.5 Å². The maximum atomic E-state index is 12.5. The fourth-order valence-electron chi connectivity index (χ4n) is 2.31. The van der Waals surface area contributed by atoms with Gasteiger partial charge < -0.3 is 20.1 Å². The molecule has 0 unspecified atom stereocenters. The molecule has 0 bridgehead atoms. The van der Waals surface area contributed by atoms with Crippen LogP contribution in [0.1, 0.15) is 15.9 Å². The quantitative estimate of drug-likeness (QED) is 0.798. The molecule has 2 amide bonds. The molecule has 0 fully saturated rings. The predicted octanol–water partition coefficient (Wildman–Crippen LogP) is 3.18. The van der Waals surface area contributed by atoms with E-state index in [1.807, 2.05) is 19.1 Å². The van der Waals surface area contributed by atoms with Crippen molar-refractivity contribution in [2.75, 3.05) is 26.0 Å². The van der Waals surface area contributed by atoms with E-state index in [9.17, 15) is 14.7 Å². The Bertz CT molecular complexity index is 808. The molecular formula is C18H19BrN2O4. The number of nitrogens with one attached hydrogen (secondary N) is 1. The van der Waals surface area contributed by atoms with E-state index in [-0.39, 0.29) is 29.5 Å². The number of ether oxygens (including phenoxy) is 1. The number of hydrogen-bond acceptors (Lipinski definition) is 4. The number of aryl methyl sites for hydroxylation is 1. The number of amides is 2.